The summed E-state index contributed by atoms with van der Waals surface area (Å²) in [6.45, 7) is 4.78. The topological polar surface area (TPSA) is 28.6 Å². The third-order valence-electron chi connectivity index (χ3n) is 4.58. The van der Waals surface area contributed by atoms with Crippen molar-refractivity contribution in [3.63, 3.8) is 0 Å². The molecule has 19 heavy (non-hydrogen) atoms. The molecule has 1 atom stereocenters. The van der Waals surface area contributed by atoms with Gasteiger partial charge in [-0.1, -0.05) is 0 Å². The maximum absolute atomic E-state index is 6.04. The van der Waals surface area contributed by atoms with E-state index in [1.165, 1.54) is 18.5 Å². The monoisotopic (exact) mass is 261 g/mol. The SMILES string of the molecule is Cc1ccc(N2CCOC(C3(N(C)C)CC3)C2)cn1. The van der Waals surface area contributed by atoms with Gasteiger partial charge in [0.25, 0.3) is 0 Å². The summed E-state index contributed by atoms with van der Waals surface area (Å²) in [4.78, 5) is 9.15. The summed E-state index contributed by atoms with van der Waals surface area (Å²) in [6, 6.07) is 4.25. The van der Waals surface area contributed by atoms with Gasteiger partial charge < -0.3 is 14.5 Å². The molecule has 1 saturated carbocycles. The van der Waals surface area contributed by atoms with Crippen LogP contribution in [0.1, 0.15) is 18.5 Å². The van der Waals surface area contributed by atoms with Crippen LogP contribution in [0.25, 0.3) is 0 Å². The molecular formula is C15H23N3O. The quantitative estimate of drug-likeness (QED) is 0.828. The van der Waals surface area contributed by atoms with E-state index in [0.717, 1.165) is 25.4 Å². The largest absolute Gasteiger partial charge is 0.373 e. The molecule has 4 nitrogen and oxygen atoms in total. The highest BCUT2D eigenvalue weighted by molar-refractivity contribution is 5.45. The number of ether oxygens (including phenoxy) is 1. The molecule has 0 radical (unpaired) electrons. The number of rotatable bonds is 3. The molecule has 2 heterocycles. The van der Waals surface area contributed by atoms with Crippen LogP contribution in [-0.2, 0) is 4.74 Å². The number of aryl methyl sites for hydroxylation is 1. The fourth-order valence-corrected chi connectivity index (χ4v) is 3.04. The fourth-order valence-electron chi connectivity index (χ4n) is 3.04. The smallest absolute Gasteiger partial charge is 0.0933 e. The molecule has 3 rings (SSSR count). The molecule has 1 aromatic heterocycles. The Balaban J connectivity index is 1.73. The van der Waals surface area contributed by atoms with Gasteiger partial charge in [0.05, 0.1) is 24.6 Å². The van der Waals surface area contributed by atoms with Gasteiger partial charge in [-0.3, -0.25) is 4.98 Å². The first kappa shape index (κ1) is 12.9. The van der Waals surface area contributed by atoms with E-state index in [0.29, 0.717) is 6.10 Å². The molecule has 1 unspecified atom stereocenters. The molecule has 4 heteroatoms. The fraction of sp³-hybridized carbons (Fsp3) is 0.667. The number of hydrogen-bond donors (Lipinski definition) is 0. The third-order valence-corrected chi connectivity index (χ3v) is 4.58. The number of morpholine rings is 1. The summed E-state index contributed by atoms with van der Waals surface area (Å²) < 4.78 is 6.04. The van der Waals surface area contributed by atoms with Crippen LogP contribution in [-0.4, -0.2) is 55.3 Å². The van der Waals surface area contributed by atoms with Crippen molar-refractivity contribution in [3.8, 4) is 0 Å². The number of pyridine rings is 1. The normalized spacial score (nSPS) is 25.7. The summed E-state index contributed by atoms with van der Waals surface area (Å²) in [5.74, 6) is 0. The van der Waals surface area contributed by atoms with E-state index in [4.69, 9.17) is 4.74 Å². The van der Waals surface area contributed by atoms with Crippen molar-refractivity contribution in [3.05, 3.63) is 24.0 Å². The van der Waals surface area contributed by atoms with Gasteiger partial charge >= 0.3 is 0 Å². The Kier molecular flexibility index (Phi) is 3.23. The summed E-state index contributed by atoms with van der Waals surface area (Å²) in [7, 11) is 4.34. The molecule has 0 bridgehead atoms. The van der Waals surface area contributed by atoms with Crippen molar-refractivity contribution in [1.82, 2.24) is 9.88 Å². The van der Waals surface area contributed by atoms with Gasteiger partial charge in [0.15, 0.2) is 0 Å². The Morgan fingerprint density at radius 2 is 2.16 bits per heavy atom. The van der Waals surface area contributed by atoms with E-state index in [1.807, 2.05) is 13.1 Å². The predicted molar refractivity (Wildman–Crippen MR) is 76.6 cm³/mol. The van der Waals surface area contributed by atoms with Gasteiger partial charge in [0.1, 0.15) is 0 Å². The molecule has 104 valence electrons. The summed E-state index contributed by atoms with van der Waals surface area (Å²) in [6.07, 6.45) is 4.81. The minimum atomic E-state index is 0.275. The third kappa shape index (κ3) is 2.35. The van der Waals surface area contributed by atoms with E-state index < -0.39 is 0 Å². The predicted octanol–water partition coefficient (Wildman–Crippen LogP) is 1.69. The molecule has 1 saturated heterocycles. The number of anilines is 1. The van der Waals surface area contributed by atoms with Crippen molar-refractivity contribution in [2.75, 3.05) is 38.7 Å². The van der Waals surface area contributed by atoms with Crippen molar-refractivity contribution >= 4 is 5.69 Å². The zero-order valence-corrected chi connectivity index (χ0v) is 12.1. The average molecular weight is 261 g/mol. The van der Waals surface area contributed by atoms with Crippen LogP contribution in [0.4, 0.5) is 5.69 Å². The average Bonchev–Trinajstić information content (AvgIpc) is 3.21. The number of likely N-dealkylation sites (N-methyl/N-ethyl adjacent to an activating group) is 1. The van der Waals surface area contributed by atoms with E-state index in [1.54, 1.807) is 0 Å². The Morgan fingerprint density at radius 3 is 2.74 bits per heavy atom. The Bertz CT molecular complexity index is 439. The first-order valence-electron chi connectivity index (χ1n) is 7.08. The minimum absolute atomic E-state index is 0.275. The maximum atomic E-state index is 6.04. The number of hydrogen-bond acceptors (Lipinski definition) is 4. The lowest BCUT2D eigenvalue weighted by Gasteiger charge is -2.40. The second-order valence-corrected chi connectivity index (χ2v) is 5.96. The van der Waals surface area contributed by atoms with Crippen LogP contribution < -0.4 is 4.90 Å². The van der Waals surface area contributed by atoms with Crippen molar-refractivity contribution in [1.29, 1.82) is 0 Å². The van der Waals surface area contributed by atoms with Crippen molar-refractivity contribution < 1.29 is 4.74 Å². The summed E-state index contributed by atoms with van der Waals surface area (Å²) in [5, 5.41) is 0. The van der Waals surface area contributed by atoms with E-state index in [2.05, 4.69) is 41.0 Å². The molecular weight excluding hydrogens is 238 g/mol. The molecule has 1 aromatic rings. The van der Waals surface area contributed by atoms with Gasteiger partial charge in [0.2, 0.25) is 0 Å². The Hall–Kier alpha value is -1.13. The Morgan fingerprint density at radius 1 is 1.37 bits per heavy atom. The molecule has 0 amide bonds. The first-order chi connectivity index (χ1) is 9.12. The van der Waals surface area contributed by atoms with Crippen LogP contribution in [0.15, 0.2) is 18.3 Å². The van der Waals surface area contributed by atoms with E-state index in [-0.39, 0.29) is 5.54 Å². The lowest BCUT2D eigenvalue weighted by Crippen LogP contribution is -2.53. The minimum Gasteiger partial charge on any atom is -0.373 e. The van der Waals surface area contributed by atoms with Gasteiger partial charge in [0, 0.05) is 24.3 Å². The van der Waals surface area contributed by atoms with Gasteiger partial charge in [-0.2, -0.15) is 0 Å². The Labute approximate surface area is 115 Å². The van der Waals surface area contributed by atoms with Crippen LogP contribution in [0.2, 0.25) is 0 Å². The highest BCUT2D eigenvalue weighted by Gasteiger charge is 2.53. The zero-order chi connectivity index (χ0) is 13.5. The lowest BCUT2D eigenvalue weighted by molar-refractivity contribution is -0.0215. The van der Waals surface area contributed by atoms with Crippen molar-refractivity contribution in [2.45, 2.75) is 31.4 Å². The van der Waals surface area contributed by atoms with Crippen LogP contribution >= 0.6 is 0 Å². The van der Waals surface area contributed by atoms with E-state index in [9.17, 15) is 0 Å². The molecule has 0 aromatic carbocycles. The van der Waals surface area contributed by atoms with Crippen LogP contribution in [0.5, 0.6) is 0 Å². The number of nitrogens with zero attached hydrogens (tertiary/aromatic N) is 3. The molecule has 1 aliphatic heterocycles. The van der Waals surface area contributed by atoms with Crippen molar-refractivity contribution in [2.24, 2.45) is 0 Å². The summed E-state index contributed by atoms with van der Waals surface area (Å²) >= 11 is 0. The molecule has 1 aliphatic carbocycles. The standard InChI is InChI=1S/C15H23N3O/c1-12-4-5-13(10-16-12)18-8-9-19-14(11-18)15(6-7-15)17(2)3/h4-5,10,14H,6-9,11H2,1-3H3. The second kappa shape index (κ2) is 4.76. The van der Waals surface area contributed by atoms with Gasteiger partial charge in [-0.25, -0.2) is 0 Å². The second-order valence-electron chi connectivity index (χ2n) is 5.96. The molecule has 0 spiro atoms. The van der Waals surface area contributed by atoms with Crippen LogP contribution in [0, 0.1) is 6.92 Å². The maximum Gasteiger partial charge on any atom is 0.0933 e. The lowest BCUT2D eigenvalue weighted by atomic mass is 10.1. The number of aromatic nitrogens is 1. The molecule has 0 N–H and O–H groups in total. The molecule has 2 aliphatic rings. The highest BCUT2D eigenvalue weighted by atomic mass is 16.5. The van der Waals surface area contributed by atoms with Gasteiger partial charge in [-0.05, 0) is 46.0 Å². The summed E-state index contributed by atoms with van der Waals surface area (Å²) in [5.41, 5.74) is 2.56. The van der Waals surface area contributed by atoms with E-state index >= 15 is 0 Å². The highest BCUT2D eigenvalue weighted by Crippen LogP contribution is 2.45. The first-order valence-corrected chi connectivity index (χ1v) is 7.08. The molecule has 2 fully saturated rings. The zero-order valence-electron chi connectivity index (χ0n) is 12.1. The van der Waals surface area contributed by atoms with Crippen LogP contribution in [0.3, 0.4) is 0 Å². The van der Waals surface area contributed by atoms with Gasteiger partial charge in [-0.15, -0.1) is 0 Å².